The maximum atomic E-state index is 15.0. The van der Waals surface area contributed by atoms with Gasteiger partial charge in [0, 0.05) is 37.8 Å². The third-order valence-electron chi connectivity index (χ3n) is 6.35. The van der Waals surface area contributed by atoms with Crippen LogP contribution in [0.15, 0.2) is 73.3 Å². The number of fused-ring (bicyclic) bond motifs is 1. The minimum absolute atomic E-state index is 0.0567. The highest BCUT2D eigenvalue weighted by atomic mass is 32.1. The van der Waals surface area contributed by atoms with Crippen LogP contribution >= 0.6 is 11.3 Å². The summed E-state index contributed by atoms with van der Waals surface area (Å²) in [6, 6.07) is 12.3. The second kappa shape index (κ2) is 11.6. The number of ketones is 2. The van der Waals surface area contributed by atoms with Gasteiger partial charge in [0.15, 0.2) is 11.6 Å². The van der Waals surface area contributed by atoms with Crippen LogP contribution in [0, 0.1) is 5.82 Å². The van der Waals surface area contributed by atoms with Crippen molar-refractivity contribution in [3.8, 4) is 22.1 Å². The van der Waals surface area contributed by atoms with E-state index in [-0.39, 0.29) is 17.7 Å². The highest BCUT2D eigenvalue weighted by molar-refractivity contribution is 7.22. The Morgan fingerprint density at radius 3 is 2.49 bits per heavy atom. The lowest BCUT2D eigenvalue weighted by Gasteiger charge is -2.12. The molecule has 0 unspecified atom stereocenters. The minimum atomic E-state index is -4.60. The van der Waals surface area contributed by atoms with Crippen LogP contribution in [0.1, 0.15) is 30.0 Å². The fourth-order valence-corrected chi connectivity index (χ4v) is 5.40. The van der Waals surface area contributed by atoms with Gasteiger partial charge in [0.25, 0.3) is 0 Å². The number of carbonyl (C=O) groups excluding carboxylic acids is 2. The summed E-state index contributed by atoms with van der Waals surface area (Å²) in [4.78, 5) is 34.5. The van der Waals surface area contributed by atoms with E-state index < -0.39 is 42.0 Å². The van der Waals surface area contributed by atoms with Gasteiger partial charge in [-0.3, -0.25) is 14.6 Å². The van der Waals surface area contributed by atoms with E-state index in [1.54, 1.807) is 18.6 Å². The van der Waals surface area contributed by atoms with Crippen molar-refractivity contribution in [3.05, 3.63) is 95.8 Å². The zero-order valence-electron chi connectivity index (χ0n) is 21.7. The first-order valence-corrected chi connectivity index (χ1v) is 13.5. The van der Waals surface area contributed by atoms with Gasteiger partial charge in [-0.25, -0.2) is 9.37 Å². The number of benzene rings is 2. The Hall–Kier alpha value is -4.38. The fraction of sp³-hybridized carbons (Fsp3) is 0.200. The van der Waals surface area contributed by atoms with E-state index in [1.165, 1.54) is 41.7 Å². The molecular formula is C30H23F4N3O3S. The average molecular weight is 582 g/mol. The first kappa shape index (κ1) is 28.2. The van der Waals surface area contributed by atoms with Gasteiger partial charge in [0.05, 0.1) is 39.1 Å². The van der Waals surface area contributed by atoms with Crippen LogP contribution in [0.5, 0.6) is 11.5 Å². The molecule has 0 saturated carbocycles. The predicted molar refractivity (Wildman–Crippen MR) is 146 cm³/mol. The molecule has 3 aromatic heterocycles. The minimum Gasteiger partial charge on any atom is -0.453 e. The highest BCUT2D eigenvalue weighted by Crippen LogP contribution is 2.39. The van der Waals surface area contributed by atoms with Gasteiger partial charge >= 0.3 is 6.18 Å². The predicted octanol–water partition coefficient (Wildman–Crippen LogP) is 7.44. The number of rotatable bonds is 10. The maximum Gasteiger partial charge on any atom is 0.416 e. The molecule has 0 amide bonds. The molecule has 210 valence electrons. The first-order valence-electron chi connectivity index (χ1n) is 12.7. The molecule has 0 aliphatic rings. The van der Waals surface area contributed by atoms with Crippen molar-refractivity contribution in [1.82, 2.24) is 14.5 Å². The number of alkyl halides is 3. The third-order valence-corrected chi connectivity index (χ3v) is 7.51. The quantitative estimate of drug-likeness (QED) is 0.127. The number of halogens is 4. The molecule has 0 spiro atoms. The van der Waals surface area contributed by atoms with Crippen LogP contribution in [-0.4, -0.2) is 26.1 Å². The number of aromatic nitrogens is 3. The van der Waals surface area contributed by atoms with Gasteiger partial charge < -0.3 is 9.30 Å². The summed E-state index contributed by atoms with van der Waals surface area (Å²) in [5.74, 6) is -1.53. The Morgan fingerprint density at radius 2 is 1.76 bits per heavy atom. The van der Waals surface area contributed by atoms with E-state index in [2.05, 4.69) is 9.97 Å². The molecule has 0 radical (unpaired) electrons. The van der Waals surface area contributed by atoms with E-state index in [0.29, 0.717) is 16.8 Å². The molecular weight excluding hydrogens is 558 g/mol. The standard InChI is InChI=1S/C30H23F4N3O3S/c1-2-37-16-25(36-17-37)28-15-24-29(41-28)27(9-10-35-24)40-26-8-7-18(12-23(26)31)11-20(38)14-21(39)13-19-5-3-4-6-22(19)30(32,33)34/h3-10,12,15-17H,2,11,13-14H2,1H3. The van der Waals surface area contributed by atoms with Crippen LogP contribution < -0.4 is 4.74 Å². The Balaban J connectivity index is 1.25. The zero-order valence-corrected chi connectivity index (χ0v) is 22.6. The van der Waals surface area contributed by atoms with Crippen LogP contribution in [-0.2, 0) is 35.2 Å². The van der Waals surface area contributed by atoms with Crippen LogP contribution in [0.4, 0.5) is 17.6 Å². The molecule has 6 nitrogen and oxygen atoms in total. The molecule has 0 N–H and O–H groups in total. The molecule has 0 fully saturated rings. The largest absolute Gasteiger partial charge is 0.453 e. The Labute approximate surface area is 236 Å². The molecule has 0 aliphatic carbocycles. The summed E-state index contributed by atoms with van der Waals surface area (Å²) in [6.45, 7) is 2.80. The van der Waals surface area contributed by atoms with Gasteiger partial charge in [-0.05, 0) is 42.3 Å². The van der Waals surface area contributed by atoms with Gasteiger partial charge in [0.2, 0.25) is 0 Å². The molecule has 11 heteroatoms. The van der Waals surface area contributed by atoms with Gasteiger partial charge in [-0.15, -0.1) is 11.3 Å². The average Bonchev–Trinajstić information content (AvgIpc) is 3.57. The van der Waals surface area contributed by atoms with Crippen molar-refractivity contribution in [2.45, 2.75) is 38.9 Å². The number of hydrogen-bond donors (Lipinski definition) is 0. The molecule has 41 heavy (non-hydrogen) atoms. The molecule has 5 aromatic rings. The third kappa shape index (κ3) is 6.51. The molecule has 0 aliphatic heterocycles. The van der Waals surface area contributed by atoms with Crippen molar-refractivity contribution in [2.24, 2.45) is 0 Å². The second-order valence-electron chi connectivity index (χ2n) is 9.35. The maximum absolute atomic E-state index is 15.0. The number of carbonyl (C=O) groups is 2. The molecule has 0 atom stereocenters. The molecule has 5 rings (SSSR count). The number of aryl methyl sites for hydroxylation is 1. The normalized spacial score (nSPS) is 11.6. The van der Waals surface area contributed by atoms with Crippen molar-refractivity contribution in [2.75, 3.05) is 0 Å². The second-order valence-corrected chi connectivity index (χ2v) is 10.4. The number of hydrogen-bond acceptors (Lipinski definition) is 6. The summed E-state index contributed by atoms with van der Waals surface area (Å²) in [6.07, 6.45) is -0.689. The van der Waals surface area contributed by atoms with E-state index in [0.717, 1.165) is 33.9 Å². The Morgan fingerprint density at radius 1 is 0.976 bits per heavy atom. The smallest absolute Gasteiger partial charge is 0.416 e. The molecule has 2 aromatic carbocycles. The molecule has 0 saturated heterocycles. The number of pyridine rings is 1. The SMILES string of the molecule is CCn1cnc(-c2cc3nccc(Oc4ccc(CC(=O)CC(=O)Cc5ccccc5C(F)(F)F)cc4F)c3s2)c1. The Bertz CT molecular complexity index is 1740. The van der Waals surface area contributed by atoms with E-state index >= 15 is 0 Å². The Kier molecular flexibility index (Phi) is 7.98. The van der Waals surface area contributed by atoms with Crippen molar-refractivity contribution in [1.29, 1.82) is 0 Å². The van der Waals surface area contributed by atoms with E-state index in [9.17, 15) is 27.2 Å². The van der Waals surface area contributed by atoms with Gasteiger partial charge in [-0.2, -0.15) is 13.2 Å². The number of Topliss-reactive ketones (excluding diaryl/α,β-unsaturated/α-hetero) is 2. The van der Waals surface area contributed by atoms with Gasteiger partial charge in [0.1, 0.15) is 17.3 Å². The monoisotopic (exact) mass is 581 g/mol. The van der Waals surface area contributed by atoms with E-state index in [1.807, 2.05) is 23.8 Å². The molecule has 3 heterocycles. The first-order chi connectivity index (χ1) is 19.6. The molecule has 0 bridgehead atoms. The summed E-state index contributed by atoms with van der Waals surface area (Å²) in [7, 11) is 0. The topological polar surface area (TPSA) is 74.1 Å². The number of ether oxygens (including phenoxy) is 1. The fourth-order valence-electron chi connectivity index (χ4n) is 4.37. The van der Waals surface area contributed by atoms with Crippen molar-refractivity contribution < 1.29 is 31.9 Å². The summed E-state index contributed by atoms with van der Waals surface area (Å²) in [5, 5.41) is 0. The van der Waals surface area contributed by atoms with Crippen LogP contribution in [0.3, 0.4) is 0 Å². The lowest BCUT2D eigenvalue weighted by atomic mass is 9.98. The van der Waals surface area contributed by atoms with Crippen molar-refractivity contribution >= 4 is 33.1 Å². The number of imidazole rings is 1. The van der Waals surface area contributed by atoms with E-state index in [4.69, 9.17) is 4.74 Å². The van der Waals surface area contributed by atoms with Crippen LogP contribution in [0.2, 0.25) is 0 Å². The number of thiophene rings is 1. The van der Waals surface area contributed by atoms with Crippen LogP contribution in [0.25, 0.3) is 20.8 Å². The lowest BCUT2D eigenvalue weighted by molar-refractivity contribution is -0.138. The summed E-state index contributed by atoms with van der Waals surface area (Å²) < 4.78 is 63.1. The summed E-state index contributed by atoms with van der Waals surface area (Å²) >= 11 is 1.42. The van der Waals surface area contributed by atoms with Crippen molar-refractivity contribution in [3.63, 3.8) is 0 Å². The zero-order chi connectivity index (χ0) is 29.1. The highest BCUT2D eigenvalue weighted by Gasteiger charge is 2.33. The van der Waals surface area contributed by atoms with Gasteiger partial charge in [-0.1, -0.05) is 24.3 Å². The summed E-state index contributed by atoms with van der Waals surface area (Å²) in [5.41, 5.74) is 0.691. The lowest BCUT2D eigenvalue weighted by Crippen LogP contribution is -2.16. The number of nitrogens with zero attached hydrogens (tertiary/aromatic N) is 3.